The number of rotatable bonds is 7. The highest BCUT2D eigenvalue weighted by Gasteiger charge is 2.14. The third kappa shape index (κ3) is 3.92. The first-order valence-corrected chi connectivity index (χ1v) is 5.51. The van der Waals surface area contributed by atoms with Crippen molar-refractivity contribution < 1.29 is 9.84 Å². The van der Waals surface area contributed by atoms with Gasteiger partial charge in [-0.3, -0.25) is 4.68 Å². The first kappa shape index (κ1) is 13.2. The van der Waals surface area contributed by atoms with E-state index in [-0.39, 0.29) is 12.6 Å². The Balaban J connectivity index is 2.48. The van der Waals surface area contributed by atoms with Crippen LogP contribution in [0, 0.1) is 0 Å². The number of ether oxygens (including phenoxy) is 1. The van der Waals surface area contributed by atoms with E-state index >= 15 is 0 Å². The standard InChI is InChI=1S/C11H21N3O2/c1-9(4-5-16-3)13-11(8-15)10-6-12-14(2)7-10/h6-7,9,11,13,15H,4-5,8H2,1-3H3. The molecule has 1 heterocycles. The maximum absolute atomic E-state index is 9.33. The highest BCUT2D eigenvalue weighted by Crippen LogP contribution is 2.12. The van der Waals surface area contributed by atoms with E-state index in [0.717, 1.165) is 18.6 Å². The fourth-order valence-corrected chi connectivity index (χ4v) is 1.60. The fourth-order valence-electron chi connectivity index (χ4n) is 1.60. The van der Waals surface area contributed by atoms with Gasteiger partial charge in [0.05, 0.1) is 18.8 Å². The molecule has 1 rings (SSSR count). The summed E-state index contributed by atoms with van der Waals surface area (Å²) in [5, 5.41) is 16.8. The van der Waals surface area contributed by atoms with Crippen LogP contribution >= 0.6 is 0 Å². The summed E-state index contributed by atoms with van der Waals surface area (Å²) in [4.78, 5) is 0. The SMILES string of the molecule is COCCC(C)NC(CO)c1cnn(C)c1. The molecule has 2 N–H and O–H groups in total. The van der Waals surface area contributed by atoms with Gasteiger partial charge < -0.3 is 15.2 Å². The van der Waals surface area contributed by atoms with Crippen LogP contribution < -0.4 is 5.32 Å². The Morgan fingerprint density at radius 3 is 2.88 bits per heavy atom. The van der Waals surface area contributed by atoms with Gasteiger partial charge in [-0.2, -0.15) is 5.10 Å². The summed E-state index contributed by atoms with van der Waals surface area (Å²) in [7, 11) is 3.56. The van der Waals surface area contributed by atoms with Crippen LogP contribution in [-0.2, 0) is 11.8 Å². The zero-order chi connectivity index (χ0) is 12.0. The molecule has 0 aromatic carbocycles. The first-order valence-electron chi connectivity index (χ1n) is 5.51. The largest absolute Gasteiger partial charge is 0.394 e. The predicted molar refractivity (Wildman–Crippen MR) is 62.1 cm³/mol. The lowest BCUT2D eigenvalue weighted by atomic mass is 10.1. The van der Waals surface area contributed by atoms with Crippen molar-refractivity contribution in [2.75, 3.05) is 20.3 Å². The number of aromatic nitrogens is 2. The van der Waals surface area contributed by atoms with Crippen LogP contribution in [-0.4, -0.2) is 41.3 Å². The number of aliphatic hydroxyl groups excluding tert-OH is 1. The van der Waals surface area contributed by atoms with E-state index in [1.165, 1.54) is 0 Å². The second-order valence-corrected chi connectivity index (χ2v) is 4.03. The molecule has 2 unspecified atom stereocenters. The van der Waals surface area contributed by atoms with Crippen LogP contribution in [0.2, 0.25) is 0 Å². The molecule has 0 aliphatic carbocycles. The second kappa shape index (κ2) is 6.62. The van der Waals surface area contributed by atoms with Gasteiger partial charge in [0.25, 0.3) is 0 Å². The Labute approximate surface area is 96.4 Å². The summed E-state index contributed by atoms with van der Waals surface area (Å²) >= 11 is 0. The highest BCUT2D eigenvalue weighted by molar-refractivity contribution is 5.10. The van der Waals surface area contributed by atoms with Crippen molar-refractivity contribution in [2.45, 2.75) is 25.4 Å². The average Bonchev–Trinajstić information content (AvgIpc) is 2.69. The number of hydrogen-bond acceptors (Lipinski definition) is 4. The van der Waals surface area contributed by atoms with Crippen molar-refractivity contribution >= 4 is 0 Å². The molecule has 0 saturated carbocycles. The maximum atomic E-state index is 9.33. The molecule has 0 bridgehead atoms. The lowest BCUT2D eigenvalue weighted by molar-refractivity contribution is 0.175. The van der Waals surface area contributed by atoms with E-state index in [1.807, 2.05) is 13.2 Å². The maximum Gasteiger partial charge on any atom is 0.0627 e. The van der Waals surface area contributed by atoms with Crippen molar-refractivity contribution in [1.82, 2.24) is 15.1 Å². The Kier molecular flexibility index (Phi) is 5.45. The highest BCUT2D eigenvalue weighted by atomic mass is 16.5. The van der Waals surface area contributed by atoms with Crippen LogP contribution in [0.5, 0.6) is 0 Å². The Bertz CT molecular complexity index is 301. The molecule has 0 aliphatic rings. The Hall–Kier alpha value is -0.910. The van der Waals surface area contributed by atoms with Crippen molar-refractivity contribution in [1.29, 1.82) is 0 Å². The minimum Gasteiger partial charge on any atom is -0.394 e. The Morgan fingerprint density at radius 2 is 2.38 bits per heavy atom. The smallest absolute Gasteiger partial charge is 0.0627 e. The van der Waals surface area contributed by atoms with Crippen molar-refractivity contribution in [3.8, 4) is 0 Å². The van der Waals surface area contributed by atoms with Crippen molar-refractivity contribution in [3.63, 3.8) is 0 Å². The molecule has 92 valence electrons. The summed E-state index contributed by atoms with van der Waals surface area (Å²) in [6, 6.07) is 0.248. The summed E-state index contributed by atoms with van der Waals surface area (Å²) in [6.07, 6.45) is 4.61. The van der Waals surface area contributed by atoms with Crippen LogP contribution in [0.15, 0.2) is 12.4 Å². The minimum absolute atomic E-state index is 0.0550. The number of hydrogen-bond donors (Lipinski definition) is 2. The molecular formula is C11H21N3O2. The van der Waals surface area contributed by atoms with E-state index in [2.05, 4.69) is 17.3 Å². The third-order valence-electron chi connectivity index (χ3n) is 2.55. The first-order chi connectivity index (χ1) is 7.67. The van der Waals surface area contributed by atoms with Crippen LogP contribution in [0.4, 0.5) is 0 Å². The van der Waals surface area contributed by atoms with E-state index in [9.17, 15) is 5.11 Å². The van der Waals surface area contributed by atoms with Gasteiger partial charge in [-0.15, -0.1) is 0 Å². The lowest BCUT2D eigenvalue weighted by Gasteiger charge is -2.20. The van der Waals surface area contributed by atoms with Crippen LogP contribution in [0.25, 0.3) is 0 Å². The van der Waals surface area contributed by atoms with Crippen molar-refractivity contribution in [3.05, 3.63) is 18.0 Å². The van der Waals surface area contributed by atoms with Gasteiger partial charge in [0.1, 0.15) is 0 Å². The number of methoxy groups -OCH3 is 1. The zero-order valence-corrected chi connectivity index (χ0v) is 10.2. The van der Waals surface area contributed by atoms with Gasteiger partial charge in [0.15, 0.2) is 0 Å². The third-order valence-corrected chi connectivity index (χ3v) is 2.55. The average molecular weight is 227 g/mol. The zero-order valence-electron chi connectivity index (χ0n) is 10.2. The molecule has 0 aliphatic heterocycles. The summed E-state index contributed by atoms with van der Waals surface area (Å²) < 4.78 is 6.75. The van der Waals surface area contributed by atoms with E-state index in [1.54, 1.807) is 18.0 Å². The monoisotopic (exact) mass is 227 g/mol. The molecule has 16 heavy (non-hydrogen) atoms. The molecule has 5 nitrogen and oxygen atoms in total. The van der Waals surface area contributed by atoms with Gasteiger partial charge in [0.2, 0.25) is 0 Å². The van der Waals surface area contributed by atoms with E-state index < -0.39 is 0 Å². The van der Waals surface area contributed by atoms with Crippen LogP contribution in [0.3, 0.4) is 0 Å². The van der Waals surface area contributed by atoms with Gasteiger partial charge in [0, 0.05) is 38.6 Å². The number of aryl methyl sites for hydroxylation is 1. The van der Waals surface area contributed by atoms with Gasteiger partial charge in [-0.05, 0) is 13.3 Å². The van der Waals surface area contributed by atoms with Gasteiger partial charge in [-0.1, -0.05) is 0 Å². The second-order valence-electron chi connectivity index (χ2n) is 4.03. The van der Waals surface area contributed by atoms with Gasteiger partial charge >= 0.3 is 0 Å². The molecule has 1 aromatic rings. The number of nitrogens with zero attached hydrogens (tertiary/aromatic N) is 2. The van der Waals surface area contributed by atoms with Gasteiger partial charge in [-0.25, -0.2) is 0 Å². The molecule has 5 heteroatoms. The number of nitrogens with one attached hydrogen (secondary N) is 1. The topological polar surface area (TPSA) is 59.3 Å². The normalized spacial score (nSPS) is 15.0. The quantitative estimate of drug-likeness (QED) is 0.711. The minimum atomic E-state index is -0.0550. The van der Waals surface area contributed by atoms with E-state index in [4.69, 9.17) is 4.74 Å². The van der Waals surface area contributed by atoms with Crippen LogP contribution in [0.1, 0.15) is 24.9 Å². The molecule has 0 amide bonds. The summed E-state index contributed by atoms with van der Waals surface area (Å²) in [5.74, 6) is 0. The molecule has 0 fully saturated rings. The molecule has 0 radical (unpaired) electrons. The molecule has 2 atom stereocenters. The van der Waals surface area contributed by atoms with E-state index in [0.29, 0.717) is 6.04 Å². The molecule has 0 spiro atoms. The molecular weight excluding hydrogens is 206 g/mol. The summed E-state index contributed by atoms with van der Waals surface area (Å²) in [6.45, 7) is 2.88. The molecule has 0 saturated heterocycles. The fraction of sp³-hybridized carbons (Fsp3) is 0.727. The number of aliphatic hydroxyl groups is 1. The Morgan fingerprint density at radius 1 is 1.62 bits per heavy atom. The lowest BCUT2D eigenvalue weighted by Crippen LogP contribution is -2.33. The predicted octanol–water partition coefficient (Wildman–Crippen LogP) is 0.468. The van der Waals surface area contributed by atoms with Crippen molar-refractivity contribution in [2.24, 2.45) is 7.05 Å². The molecule has 1 aromatic heterocycles. The summed E-state index contributed by atoms with van der Waals surface area (Å²) in [5.41, 5.74) is 1.01.